The Morgan fingerprint density at radius 2 is 2.11 bits per heavy atom. The maximum Gasteiger partial charge on any atom is 0.272 e. The van der Waals surface area contributed by atoms with Crippen LogP contribution < -0.4 is 11.1 Å². The molecule has 1 aromatic rings. The molecule has 1 rings (SSSR count). The van der Waals surface area contributed by atoms with Crippen molar-refractivity contribution in [3.05, 3.63) is 34.1 Å². The molecule has 98 valence electrons. The van der Waals surface area contributed by atoms with Gasteiger partial charge in [-0.3, -0.25) is 14.9 Å². The van der Waals surface area contributed by atoms with E-state index >= 15 is 0 Å². The molecule has 3 N–H and O–H groups in total. The molecule has 0 aromatic heterocycles. The Morgan fingerprint density at radius 1 is 1.50 bits per heavy atom. The lowest BCUT2D eigenvalue weighted by Crippen LogP contribution is -2.39. The van der Waals surface area contributed by atoms with Crippen LogP contribution in [-0.2, 0) is 4.79 Å². The van der Waals surface area contributed by atoms with Gasteiger partial charge in [0.1, 0.15) is 6.04 Å². The first-order chi connectivity index (χ1) is 8.32. The Hall–Kier alpha value is -2.18. The summed E-state index contributed by atoms with van der Waals surface area (Å²) < 4.78 is 13.6. The minimum Gasteiger partial charge on any atom is -0.371 e. The third-order valence-electron chi connectivity index (χ3n) is 2.45. The predicted molar refractivity (Wildman–Crippen MR) is 64.5 cm³/mol. The van der Waals surface area contributed by atoms with Crippen LogP contribution in [0, 0.1) is 21.8 Å². The molecule has 0 saturated carbocycles. The second-order valence-corrected chi connectivity index (χ2v) is 4.19. The highest BCUT2D eigenvalue weighted by Gasteiger charge is 2.21. The van der Waals surface area contributed by atoms with E-state index < -0.39 is 22.7 Å². The first kappa shape index (κ1) is 13.9. The molecular weight excluding hydrogens is 241 g/mol. The molecule has 0 radical (unpaired) electrons. The minimum absolute atomic E-state index is 0.0121. The normalized spacial score (nSPS) is 12.2. The monoisotopic (exact) mass is 255 g/mol. The van der Waals surface area contributed by atoms with Crippen molar-refractivity contribution in [2.75, 3.05) is 5.32 Å². The van der Waals surface area contributed by atoms with Gasteiger partial charge >= 0.3 is 0 Å². The standard InChI is InChI=1S/C11H14FN3O3/c1-6(2)10(11(13)16)14-9-4-3-7(15(17)18)5-8(9)12/h3-6,10,14H,1-2H3,(H2,13,16)/t10-/m0/s1. The first-order valence-corrected chi connectivity index (χ1v) is 5.32. The number of non-ortho nitro benzene ring substituents is 1. The number of carbonyl (C=O) groups is 1. The number of nitrogens with zero attached hydrogens (tertiary/aromatic N) is 1. The Labute approximate surface area is 103 Å². The van der Waals surface area contributed by atoms with E-state index in [1.54, 1.807) is 13.8 Å². The van der Waals surface area contributed by atoms with E-state index in [0.717, 1.165) is 12.1 Å². The van der Waals surface area contributed by atoms with Crippen LogP contribution >= 0.6 is 0 Å². The van der Waals surface area contributed by atoms with Crippen LogP contribution in [0.2, 0.25) is 0 Å². The van der Waals surface area contributed by atoms with Crippen molar-refractivity contribution in [1.29, 1.82) is 0 Å². The predicted octanol–water partition coefficient (Wildman–Crippen LogP) is 1.66. The van der Waals surface area contributed by atoms with Gasteiger partial charge < -0.3 is 11.1 Å². The molecule has 0 aliphatic carbocycles. The number of carbonyl (C=O) groups excluding carboxylic acids is 1. The Bertz CT molecular complexity index is 477. The molecule has 6 nitrogen and oxygen atoms in total. The number of nitro groups is 1. The average molecular weight is 255 g/mol. The van der Waals surface area contributed by atoms with E-state index in [1.165, 1.54) is 6.07 Å². The fourth-order valence-corrected chi connectivity index (χ4v) is 1.47. The number of anilines is 1. The first-order valence-electron chi connectivity index (χ1n) is 5.32. The van der Waals surface area contributed by atoms with Gasteiger partial charge in [-0.25, -0.2) is 4.39 Å². The quantitative estimate of drug-likeness (QED) is 0.617. The van der Waals surface area contributed by atoms with Crippen LogP contribution in [0.3, 0.4) is 0 Å². The molecule has 0 aliphatic heterocycles. The third-order valence-corrected chi connectivity index (χ3v) is 2.45. The number of primary amides is 1. The third kappa shape index (κ3) is 3.16. The van der Waals surface area contributed by atoms with Crippen LogP contribution in [0.4, 0.5) is 15.8 Å². The molecule has 0 bridgehead atoms. The van der Waals surface area contributed by atoms with Crippen molar-refractivity contribution >= 4 is 17.3 Å². The molecule has 0 unspecified atom stereocenters. The number of nitrogens with one attached hydrogen (secondary N) is 1. The zero-order valence-electron chi connectivity index (χ0n) is 10.0. The molecule has 18 heavy (non-hydrogen) atoms. The van der Waals surface area contributed by atoms with Gasteiger partial charge in [-0.05, 0) is 12.0 Å². The van der Waals surface area contributed by atoms with Crippen LogP contribution in [-0.4, -0.2) is 16.9 Å². The second kappa shape index (κ2) is 5.44. The maximum absolute atomic E-state index is 13.6. The summed E-state index contributed by atoms with van der Waals surface area (Å²) in [6.07, 6.45) is 0. The molecule has 0 fully saturated rings. The van der Waals surface area contributed by atoms with E-state index in [1.807, 2.05) is 0 Å². The Balaban J connectivity index is 2.97. The maximum atomic E-state index is 13.6. The SMILES string of the molecule is CC(C)[C@H](Nc1ccc([N+](=O)[O-])cc1F)C(N)=O. The Kier molecular flexibility index (Phi) is 4.19. The number of nitro benzene ring substituents is 1. The van der Waals surface area contributed by atoms with Gasteiger partial charge in [-0.1, -0.05) is 13.8 Å². The van der Waals surface area contributed by atoms with Gasteiger partial charge in [0.15, 0.2) is 5.82 Å². The number of benzene rings is 1. The number of nitrogens with two attached hydrogens (primary N) is 1. The highest BCUT2D eigenvalue weighted by Crippen LogP contribution is 2.22. The van der Waals surface area contributed by atoms with Gasteiger partial charge in [-0.15, -0.1) is 0 Å². The molecule has 0 saturated heterocycles. The molecule has 7 heteroatoms. The average Bonchev–Trinajstić information content (AvgIpc) is 2.25. The summed E-state index contributed by atoms with van der Waals surface area (Å²) in [4.78, 5) is 20.9. The second-order valence-electron chi connectivity index (χ2n) is 4.19. The van der Waals surface area contributed by atoms with Crippen molar-refractivity contribution in [2.45, 2.75) is 19.9 Å². The smallest absolute Gasteiger partial charge is 0.272 e. The number of hydrogen-bond acceptors (Lipinski definition) is 4. The summed E-state index contributed by atoms with van der Waals surface area (Å²) in [5, 5.41) is 13.1. The summed E-state index contributed by atoms with van der Waals surface area (Å²) in [7, 11) is 0. The van der Waals surface area contributed by atoms with Gasteiger partial charge in [-0.2, -0.15) is 0 Å². The van der Waals surface area contributed by atoms with Gasteiger partial charge in [0.05, 0.1) is 16.7 Å². The fourth-order valence-electron chi connectivity index (χ4n) is 1.47. The van der Waals surface area contributed by atoms with Crippen LogP contribution in [0.5, 0.6) is 0 Å². The topological polar surface area (TPSA) is 98.3 Å². The van der Waals surface area contributed by atoms with Crippen molar-refractivity contribution in [2.24, 2.45) is 11.7 Å². The van der Waals surface area contributed by atoms with Crippen LogP contribution in [0.25, 0.3) is 0 Å². The summed E-state index contributed by atoms with van der Waals surface area (Å²) in [5.41, 5.74) is 4.84. The van der Waals surface area contributed by atoms with E-state index in [9.17, 15) is 19.3 Å². The van der Waals surface area contributed by atoms with E-state index in [2.05, 4.69) is 5.32 Å². The zero-order valence-corrected chi connectivity index (χ0v) is 10.0. The summed E-state index contributed by atoms with van der Waals surface area (Å²) >= 11 is 0. The van der Waals surface area contributed by atoms with Crippen molar-refractivity contribution in [1.82, 2.24) is 0 Å². The summed E-state index contributed by atoms with van der Waals surface area (Å²) in [5.74, 6) is -1.53. The number of halogens is 1. The van der Waals surface area contributed by atoms with Gasteiger partial charge in [0.25, 0.3) is 5.69 Å². The van der Waals surface area contributed by atoms with Crippen LogP contribution in [0.1, 0.15) is 13.8 Å². The van der Waals surface area contributed by atoms with Crippen LogP contribution in [0.15, 0.2) is 18.2 Å². The fraction of sp³-hybridized carbons (Fsp3) is 0.364. The lowest BCUT2D eigenvalue weighted by Gasteiger charge is -2.20. The van der Waals surface area contributed by atoms with E-state index in [4.69, 9.17) is 5.73 Å². The minimum atomic E-state index is -0.795. The molecule has 1 aromatic carbocycles. The molecule has 0 heterocycles. The molecule has 1 atom stereocenters. The van der Waals surface area contributed by atoms with Crippen molar-refractivity contribution < 1.29 is 14.1 Å². The molecule has 0 spiro atoms. The van der Waals surface area contributed by atoms with E-state index in [0.29, 0.717) is 0 Å². The van der Waals surface area contributed by atoms with Crippen molar-refractivity contribution in [3.8, 4) is 0 Å². The van der Waals surface area contributed by atoms with Gasteiger partial charge in [0.2, 0.25) is 5.91 Å². The highest BCUT2D eigenvalue weighted by atomic mass is 19.1. The highest BCUT2D eigenvalue weighted by molar-refractivity contribution is 5.83. The lowest BCUT2D eigenvalue weighted by atomic mass is 10.0. The number of hydrogen-bond donors (Lipinski definition) is 2. The summed E-state index contributed by atoms with van der Waals surface area (Å²) in [6, 6.07) is 2.43. The van der Waals surface area contributed by atoms with Crippen molar-refractivity contribution in [3.63, 3.8) is 0 Å². The number of amides is 1. The largest absolute Gasteiger partial charge is 0.371 e. The zero-order chi connectivity index (χ0) is 13.9. The molecular formula is C11H14FN3O3. The molecule has 0 aliphatic rings. The van der Waals surface area contributed by atoms with Gasteiger partial charge in [0, 0.05) is 6.07 Å². The van der Waals surface area contributed by atoms with E-state index in [-0.39, 0.29) is 17.3 Å². The summed E-state index contributed by atoms with van der Waals surface area (Å²) in [6.45, 7) is 3.51. The molecule has 1 amide bonds. The lowest BCUT2D eigenvalue weighted by molar-refractivity contribution is -0.385. The Morgan fingerprint density at radius 3 is 2.50 bits per heavy atom. The number of rotatable bonds is 5.